The first-order chi connectivity index (χ1) is 32.0. The van der Waals surface area contributed by atoms with E-state index in [9.17, 15) is 19.4 Å². The van der Waals surface area contributed by atoms with Gasteiger partial charge in [-0.3, -0.25) is 9.36 Å². The van der Waals surface area contributed by atoms with Crippen LogP contribution < -0.4 is 10.2 Å². The molecule has 0 aliphatic rings. The Morgan fingerprint density at radius 2 is 0.879 bits per heavy atom. The standard InChI is InChI=1S/C57H111N2O6P/c1-6-8-10-12-14-16-18-20-21-22-23-24-25-26-27-28-29-30-31-32-33-34-35-36-37-39-41-43-45-47-49-51-57(61)58-55(54-65-66(62,63)64-53-52-59(3,4)5)56(60)50-48-46-44-42-40-38-19-17-15-13-11-9-7-2/h23-24,26-27,48,50,55-56,60H,6-22,25,28-47,49,51-54H2,1-5H3,(H-,58,61,62,63)/b24-23-,27-26-,50-48+. The number of rotatable bonds is 52. The molecule has 0 saturated heterocycles. The maximum absolute atomic E-state index is 12.9. The molecule has 390 valence electrons. The summed E-state index contributed by atoms with van der Waals surface area (Å²) in [6.45, 7) is 4.66. The van der Waals surface area contributed by atoms with Crippen molar-refractivity contribution in [3.05, 3.63) is 36.5 Å². The van der Waals surface area contributed by atoms with E-state index < -0.39 is 20.0 Å². The highest BCUT2D eigenvalue weighted by Crippen LogP contribution is 2.38. The number of hydrogen-bond acceptors (Lipinski definition) is 6. The van der Waals surface area contributed by atoms with Gasteiger partial charge in [0.25, 0.3) is 7.82 Å². The van der Waals surface area contributed by atoms with Crippen molar-refractivity contribution in [1.29, 1.82) is 0 Å². The van der Waals surface area contributed by atoms with E-state index in [0.29, 0.717) is 17.4 Å². The quantitative estimate of drug-likeness (QED) is 0.0272. The second kappa shape index (κ2) is 48.7. The normalized spacial score (nSPS) is 14.2. The Balaban J connectivity index is 4.06. The molecule has 1 amide bonds. The summed E-state index contributed by atoms with van der Waals surface area (Å²) in [6.07, 6.45) is 62.2. The fourth-order valence-electron chi connectivity index (χ4n) is 8.36. The largest absolute Gasteiger partial charge is 0.756 e. The highest BCUT2D eigenvalue weighted by Gasteiger charge is 2.23. The van der Waals surface area contributed by atoms with Gasteiger partial charge in [0.1, 0.15) is 13.2 Å². The van der Waals surface area contributed by atoms with Crippen LogP contribution in [0, 0.1) is 0 Å². The molecule has 0 aromatic rings. The van der Waals surface area contributed by atoms with Crippen LogP contribution in [0.5, 0.6) is 0 Å². The van der Waals surface area contributed by atoms with Gasteiger partial charge in [-0.15, -0.1) is 0 Å². The van der Waals surface area contributed by atoms with Crippen molar-refractivity contribution >= 4 is 13.7 Å². The van der Waals surface area contributed by atoms with Crippen molar-refractivity contribution in [3.8, 4) is 0 Å². The minimum Gasteiger partial charge on any atom is -0.756 e. The summed E-state index contributed by atoms with van der Waals surface area (Å²) in [5.41, 5.74) is 0. The second-order valence-corrected chi connectivity index (χ2v) is 22.1. The van der Waals surface area contributed by atoms with E-state index in [-0.39, 0.29) is 19.1 Å². The Kier molecular flexibility index (Phi) is 47.8. The molecule has 0 bridgehead atoms. The number of carbonyl (C=O) groups excluding carboxylic acids is 1. The molecule has 0 aliphatic carbocycles. The van der Waals surface area contributed by atoms with Gasteiger partial charge in [-0.05, 0) is 51.4 Å². The lowest BCUT2D eigenvalue weighted by molar-refractivity contribution is -0.870. The summed E-state index contributed by atoms with van der Waals surface area (Å²) in [7, 11) is 1.27. The van der Waals surface area contributed by atoms with Crippen LogP contribution in [0.4, 0.5) is 0 Å². The number of unbranched alkanes of at least 4 members (excludes halogenated alkanes) is 35. The fraction of sp³-hybridized carbons (Fsp3) is 0.877. The number of likely N-dealkylation sites (N-methyl/N-ethyl adjacent to an activating group) is 1. The third kappa shape index (κ3) is 50.6. The van der Waals surface area contributed by atoms with Gasteiger partial charge in [0.15, 0.2) is 0 Å². The van der Waals surface area contributed by atoms with Crippen molar-refractivity contribution in [1.82, 2.24) is 5.32 Å². The molecule has 2 N–H and O–H groups in total. The van der Waals surface area contributed by atoms with Crippen LogP contribution in [0.2, 0.25) is 0 Å². The first-order valence-electron chi connectivity index (χ1n) is 28.4. The number of allylic oxidation sites excluding steroid dienone is 5. The molecule has 0 radical (unpaired) electrons. The summed E-state index contributed by atoms with van der Waals surface area (Å²) in [4.78, 5) is 25.4. The molecule has 66 heavy (non-hydrogen) atoms. The second-order valence-electron chi connectivity index (χ2n) is 20.6. The third-order valence-corrected chi connectivity index (χ3v) is 13.8. The number of aliphatic hydroxyl groups excluding tert-OH is 1. The van der Waals surface area contributed by atoms with E-state index in [4.69, 9.17) is 9.05 Å². The van der Waals surface area contributed by atoms with E-state index >= 15 is 0 Å². The Hall–Kier alpha value is -1.28. The summed E-state index contributed by atoms with van der Waals surface area (Å²) in [6, 6.07) is -0.885. The van der Waals surface area contributed by atoms with Crippen LogP contribution in [0.1, 0.15) is 271 Å². The van der Waals surface area contributed by atoms with E-state index in [0.717, 1.165) is 44.9 Å². The molecular formula is C57H111N2O6P. The van der Waals surface area contributed by atoms with Crippen molar-refractivity contribution in [2.45, 2.75) is 283 Å². The van der Waals surface area contributed by atoms with Gasteiger partial charge in [-0.25, -0.2) is 0 Å². The van der Waals surface area contributed by atoms with Crippen LogP contribution in [0.25, 0.3) is 0 Å². The number of nitrogens with one attached hydrogen (secondary N) is 1. The molecule has 9 heteroatoms. The zero-order valence-corrected chi connectivity index (χ0v) is 45.3. The highest BCUT2D eigenvalue weighted by atomic mass is 31.2. The summed E-state index contributed by atoms with van der Waals surface area (Å²) < 4.78 is 23.3. The summed E-state index contributed by atoms with van der Waals surface area (Å²) in [5, 5.41) is 13.8. The summed E-state index contributed by atoms with van der Waals surface area (Å²) in [5.74, 6) is -0.196. The van der Waals surface area contributed by atoms with Crippen LogP contribution >= 0.6 is 7.82 Å². The maximum Gasteiger partial charge on any atom is 0.268 e. The molecule has 8 nitrogen and oxygen atoms in total. The van der Waals surface area contributed by atoms with Gasteiger partial charge in [-0.2, -0.15) is 0 Å². The van der Waals surface area contributed by atoms with Crippen molar-refractivity contribution < 1.29 is 32.9 Å². The Morgan fingerprint density at radius 3 is 1.26 bits per heavy atom. The van der Waals surface area contributed by atoms with E-state index in [1.165, 1.54) is 205 Å². The molecule has 3 unspecified atom stereocenters. The number of phosphoric ester groups is 1. The van der Waals surface area contributed by atoms with E-state index in [1.54, 1.807) is 6.08 Å². The molecule has 0 saturated carbocycles. The predicted molar refractivity (Wildman–Crippen MR) is 284 cm³/mol. The van der Waals surface area contributed by atoms with Crippen LogP contribution in [-0.2, 0) is 18.4 Å². The average molecular weight is 951 g/mol. The minimum atomic E-state index is -4.59. The molecule has 0 aromatic carbocycles. The van der Waals surface area contributed by atoms with Gasteiger partial charge in [0.2, 0.25) is 5.91 Å². The predicted octanol–water partition coefficient (Wildman–Crippen LogP) is 16.4. The molecule has 0 heterocycles. The smallest absolute Gasteiger partial charge is 0.268 e. The first-order valence-corrected chi connectivity index (χ1v) is 29.8. The van der Waals surface area contributed by atoms with Crippen LogP contribution in [-0.4, -0.2) is 68.5 Å². The fourth-order valence-corrected chi connectivity index (χ4v) is 9.08. The van der Waals surface area contributed by atoms with Gasteiger partial charge in [0, 0.05) is 6.42 Å². The molecule has 0 spiro atoms. The number of quaternary nitrogens is 1. The zero-order valence-electron chi connectivity index (χ0n) is 44.4. The number of amides is 1. The molecule has 3 atom stereocenters. The Morgan fingerprint density at radius 1 is 0.530 bits per heavy atom. The number of hydrogen-bond donors (Lipinski definition) is 2. The molecule has 0 aliphatic heterocycles. The maximum atomic E-state index is 12.9. The monoisotopic (exact) mass is 951 g/mol. The van der Waals surface area contributed by atoms with Gasteiger partial charge in [0.05, 0.1) is 39.9 Å². The van der Waals surface area contributed by atoms with Crippen molar-refractivity contribution in [2.24, 2.45) is 0 Å². The molecular weight excluding hydrogens is 840 g/mol. The Labute approximate surface area is 410 Å². The topological polar surface area (TPSA) is 108 Å². The number of phosphoric acid groups is 1. The lowest BCUT2D eigenvalue weighted by Gasteiger charge is -2.29. The zero-order chi connectivity index (χ0) is 48.5. The molecule has 0 fully saturated rings. The van der Waals surface area contributed by atoms with Gasteiger partial charge >= 0.3 is 0 Å². The van der Waals surface area contributed by atoms with E-state index in [2.05, 4.69) is 43.5 Å². The lowest BCUT2D eigenvalue weighted by atomic mass is 10.0. The van der Waals surface area contributed by atoms with Gasteiger partial charge < -0.3 is 28.8 Å². The Bertz CT molecular complexity index is 1170. The van der Waals surface area contributed by atoms with Gasteiger partial charge in [-0.1, -0.05) is 249 Å². The molecule has 0 aromatic heterocycles. The first kappa shape index (κ1) is 64.7. The van der Waals surface area contributed by atoms with Crippen LogP contribution in [0.15, 0.2) is 36.5 Å². The average Bonchev–Trinajstić information content (AvgIpc) is 3.28. The van der Waals surface area contributed by atoms with E-state index in [1.807, 2.05) is 27.2 Å². The number of nitrogens with zero attached hydrogens (tertiary/aromatic N) is 1. The van der Waals surface area contributed by atoms with Crippen molar-refractivity contribution in [3.63, 3.8) is 0 Å². The SMILES string of the molecule is CCCCCCCCCCC/C=C\C/C=C\CCCCCCCCCCCCCCCCCC(=O)NC(COP(=O)([O-])OCC[N+](C)(C)C)C(O)/C=C/CCCCCCCCCCCCC. The molecule has 0 rings (SSSR count). The summed E-state index contributed by atoms with van der Waals surface area (Å²) >= 11 is 0. The van der Waals surface area contributed by atoms with Crippen LogP contribution in [0.3, 0.4) is 0 Å². The lowest BCUT2D eigenvalue weighted by Crippen LogP contribution is -2.45. The third-order valence-electron chi connectivity index (χ3n) is 12.8. The number of aliphatic hydroxyl groups is 1. The van der Waals surface area contributed by atoms with Crippen molar-refractivity contribution in [2.75, 3.05) is 40.9 Å². The highest BCUT2D eigenvalue weighted by molar-refractivity contribution is 7.45. The minimum absolute atomic E-state index is 0.000176. The number of carbonyl (C=O) groups is 1.